The minimum absolute atomic E-state index is 0.0679. The highest BCUT2D eigenvalue weighted by Gasteiger charge is 2.24. The van der Waals surface area contributed by atoms with Crippen molar-refractivity contribution in [1.29, 1.82) is 0 Å². The fourth-order valence-electron chi connectivity index (χ4n) is 2.11. The Morgan fingerprint density at radius 2 is 2.13 bits per heavy atom. The third kappa shape index (κ3) is 2.01. The molecule has 1 aromatic carbocycles. The SMILES string of the molecule is Nc1cc(C2CCCCC2=O)ccc1F. The molecule has 80 valence electrons. The van der Waals surface area contributed by atoms with Crippen molar-refractivity contribution in [1.82, 2.24) is 0 Å². The average molecular weight is 207 g/mol. The predicted octanol–water partition coefficient (Wildman–Crippen LogP) is 2.63. The molecular weight excluding hydrogens is 193 g/mol. The van der Waals surface area contributed by atoms with E-state index in [9.17, 15) is 9.18 Å². The molecule has 3 heteroatoms. The van der Waals surface area contributed by atoms with E-state index in [-0.39, 0.29) is 17.4 Å². The van der Waals surface area contributed by atoms with E-state index in [0.717, 1.165) is 24.8 Å². The van der Waals surface area contributed by atoms with E-state index in [1.54, 1.807) is 12.1 Å². The maximum absolute atomic E-state index is 13.0. The largest absolute Gasteiger partial charge is 0.396 e. The maximum Gasteiger partial charge on any atom is 0.146 e. The van der Waals surface area contributed by atoms with Gasteiger partial charge < -0.3 is 5.73 Å². The second-order valence-corrected chi connectivity index (χ2v) is 4.05. The van der Waals surface area contributed by atoms with Gasteiger partial charge in [0.2, 0.25) is 0 Å². The monoisotopic (exact) mass is 207 g/mol. The number of nitrogen functional groups attached to an aromatic ring is 1. The number of benzene rings is 1. The predicted molar refractivity (Wildman–Crippen MR) is 57.0 cm³/mol. The van der Waals surface area contributed by atoms with Gasteiger partial charge in [-0.2, -0.15) is 0 Å². The van der Waals surface area contributed by atoms with E-state index in [1.165, 1.54) is 6.07 Å². The Labute approximate surface area is 88.3 Å². The van der Waals surface area contributed by atoms with Crippen LogP contribution in [0.3, 0.4) is 0 Å². The minimum Gasteiger partial charge on any atom is -0.396 e. The summed E-state index contributed by atoms with van der Waals surface area (Å²) in [4.78, 5) is 11.7. The summed E-state index contributed by atoms with van der Waals surface area (Å²) >= 11 is 0. The Bertz CT molecular complexity index is 389. The number of ketones is 1. The molecule has 15 heavy (non-hydrogen) atoms. The molecule has 0 heterocycles. The number of carbonyl (C=O) groups is 1. The molecule has 1 aromatic rings. The van der Waals surface area contributed by atoms with Gasteiger partial charge in [-0.15, -0.1) is 0 Å². The molecule has 2 N–H and O–H groups in total. The lowest BCUT2D eigenvalue weighted by Crippen LogP contribution is -2.17. The summed E-state index contributed by atoms with van der Waals surface area (Å²) in [6.45, 7) is 0. The van der Waals surface area contributed by atoms with Crippen molar-refractivity contribution in [3.63, 3.8) is 0 Å². The molecule has 2 nitrogen and oxygen atoms in total. The summed E-state index contributed by atoms with van der Waals surface area (Å²) in [6, 6.07) is 4.59. The van der Waals surface area contributed by atoms with Crippen molar-refractivity contribution in [2.75, 3.05) is 5.73 Å². The molecule has 1 aliphatic rings. The molecule has 2 rings (SSSR count). The maximum atomic E-state index is 13.0. The number of rotatable bonds is 1. The van der Waals surface area contributed by atoms with E-state index in [2.05, 4.69) is 0 Å². The third-order valence-corrected chi connectivity index (χ3v) is 2.98. The molecule has 1 saturated carbocycles. The zero-order chi connectivity index (χ0) is 10.8. The first-order valence-corrected chi connectivity index (χ1v) is 5.26. The van der Waals surface area contributed by atoms with Gasteiger partial charge in [0.15, 0.2) is 0 Å². The van der Waals surface area contributed by atoms with Crippen LogP contribution < -0.4 is 5.73 Å². The Kier molecular flexibility index (Phi) is 2.71. The number of nitrogens with two attached hydrogens (primary N) is 1. The average Bonchev–Trinajstić information content (AvgIpc) is 2.23. The van der Waals surface area contributed by atoms with Gasteiger partial charge >= 0.3 is 0 Å². The topological polar surface area (TPSA) is 43.1 Å². The first-order chi connectivity index (χ1) is 7.18. The molecule has 1 unspecified atom stereocenters. The van der Waals surface area contributed by atoms with Crippen LogP contribution in [0.25, 0.3) is 0 Å². The summed E-state index contributed by atoms with van der Waals surface area (Å²) in [5.41, 5.74) is 6.48. The Morgan fingerprint density at radius 3 is 2.80 bits per heavy atom. The fraction of sp³-hybridized carbons (Fsp3) is 0.417. The molecule has 1 aliphatic carbocycles. The lowest BCUT2D eigenvalue weighted by molar-refractivity contribution is -0.121. The van der Waals surface area contributed by atoms with Crippen LogP contribution in [0.15, 0.2) is 18.2 Å². The first kappa shape index (κ1) is 10.1. The van der Waals surface area contributed by atoms with E-state index in [1.807, 2.05) is 0 Å². The normalized spacial score (nSPS) is 21.7. The molecule has 1 atom stereocenters. The highest BCUT2D eigenvalue weighted by atomic mass is 19.1. The van der Waals surface area contributed by atoms with E-state index < -0.39 is 5.82 Å². The van der Waals surface area contributed by atoms with Gasteiger partial charge in [0.1, 0.15) is 11.6 Å². The fourth-order valence-corrected chi connectivity index (χ4v) is 2.11. The van der Waals surface area contributed by atoms with Gasteiger partial charge in [-0.05, 0) is 30.5 Å². The summed E-state index contributed by atoms with van der Waals surface area (Å²) < 4.78 is 13.0. The second-order valence-electron chi connectivity index (χ2n) is 4.05. The molecule has 0 radical (unpaired) electrons. The summed E-state index contributed by atoms with van der Waals surface area (Å²) in [6.07, 6.45) is 3.55. The van der Waals surface area contributed by atoms with Crippen LogP contribution in [0, 0.1) is 5.82 Å². The number of hydrogen-bond donors (Lipinski definition) is 1. The lowest BCUT2D eigenvalue weighted by Gasteiger charge is -2.21. The summed E-state index contributed by atoms with van der Waals surface area (Å²) in [5.74, 6) is -0.226. The third-order valence-electron chi connectivity index (χ3n) is 2.98. The molecule has 1 fully saturated rings. The summed E-state index contributed by atoms with van der Waals surface area (Å²) in [5, 5.41) is 0. The van der Waals surface area contributed by atoms with Crippen molar-refractivity contribution in [3.05, 3.63) is 29.6 Å². The smallest absolute Gasteiger partial charge is 0.146 e. The zero-order valence-electron chi connectivity index (χ0n) is 8.50. The van der Waals surface area contributed by atoms with Crippen LogP contribution in [0.1, 0.15) is 37.2 Å². The Hall–Kier alpha value is -1.38. The van der Waals surface area contributed by atoms with E-state index >= 15 is 0 Å². The van der Waals surface area contributed by atoms with Gasteiger partial charge in [-0.3, -0.25) is 4.79 Å². The van der Waals surface area contributed by atoms with Crippen LogP contribution in [0.2, 0.25) is 0 Å². The zero-order valence-corrected chi connectivity index (χ0v) is 8.50. The van der Waals surface area contributed by atoms with Crippen molar-refractivity contribution in [2.45, 2.75) is 31.6 Å². The number of hydrogen-bond acceptors (Lipinski definition) is 2. The number of carbonyl (C=O) groups excluding carboxylic acids is 1. The number of halogens is 1. The molecule has 0 aromatic heterocycles. The van der Waals surface area contributed by atoms with Crippen molar-refractivity contribution < 1.29 is 9.18 Å². The van der Waals surface area contributed by atoms with Gasteiger partial charge in [0.25, 0.3) is 0 Å². The lowest BCUT2D eigenvalue weighted by atomic mass is 9.83. The summed E-state index contributed by atoms with van der Waals surface area (Å²) in [7, 11) is 0. The van der Waals surface area contributed by atoms with Crippen molar-refractivity contribution in [2.24, 2.45) is 0 Å². The van der Waals surface area contributed by atoms with Crippen molar-refractivity contribution >= 4 is 11.5 Å². The molecule has 0 aliphatic heterocycles. The van der Waals surface area contributed by atoms with Gasteiger partial charge in [0.05, 0.1) is 5.69 Å². The van der Waals surface area contributed by atoms with Gasteiger partial charge in [0, 0.05) is 12.3 Å². The molecule has 0 amide bonds. The Balaban J connectivity index is 2.28. The quantitative estimate of drug-likeness (QED) is 0.719. The highest BCUT2D eigenvalue weighted by molar-refractivity contribution is 5.86. The Morgan fingerprint density at radius 1 is 1.33 bits per heavy atom. The first-order valence-electron chi connectivity index (χ1n) is 5.26. The number of Topliss-reactive ketones (excluding diaryl/α,β-unsaturated/α-hetero) is 1. The molecule has 0 bridgehead atoms. The second kappa shape index (κ2) is 4.01. The van der Waals surface area contributed by atoms with E-state index in [0.29, 0.717) is 6.42 Å². The van der Waals surface area contributed by atoms with Crippen LogP contribution >= 0.6 is 0 Å². The van der Waals surface area contributed by atoms with Crippen LogP contribution in [-0.2, 0) is 4.79 Å². The minimum atomic E-state index is -0.415. The number of anilines is 1. The van der Waals surface area contributed by atoms with E-state index in [4.69, 9.17) is 5.73 Å². The van der Waals surface area contributed by atoms with Crippen molar-refractivity contribution in [3.8, 4) is 0 Å². The van der Waals surface area contributed by atoms with Gasteiger partial charge in [-0.1, -0.05) is 12.5 Å². The molecular formula is C12H14FNO. The highest BCUT2D eigenvalue weighted by Crippen LogP contribution is 2.31. The van der Waals surface area contributed by atoms with Crippen LogP contribution in [0.4, 0.5) is 10.1 Å². The standard InChI is InChI=1S/C12H14FNO/c13-10-6-5-8(7-11(10)14)9-3-1-2-4-12(9)15/h5-7,9H,1-4,14H2. The van der Waals surface area contributed by atoms with Gasteiger partial charge in [-0.25, -0.2) is 4.39 Å². The molecule has 0 saturated heterocycles. The van der Waals surface area contributed by atoms with Crippen LogP contribution in [-0.4, -0.2) is 5.78 Å². The molecule has 0 spiro atoms. The van der Waals surface area contributed by atoms with Crippen LogP contribution in [0.5, 0.6) is 0 Å².